The summed E-state index contributed by atoms with van der Waals surface area (Å²) < 4.78 is 1.73. The summed E-state index contributed by atoms with van der Waals surface area (Å²) in [6.45, 7) is -0.0392. The fraction of sp³-hybridized carbons (Fsp3) is 0.444. The molecule has 0 radical (unpaired) electrons. The van der Waals surface area contributed by atoms with Crippen LogP contribution >= 0.6 is 0 Å². The maximum Gasteiger partial charge on any atom is 0.293 e. The average molecular weight is 358 g/mol. The third kappa shape index (κ3) is 3.75. The Morgan fingerprint density at radius 2 is 2.12 bits per heavy atom. The molecule has 1 saturated carbocycles. The largest absolute Gasteiger partial charge is 0.395 e. The van der Waals surface area contributed by atoms with Crippen molar-refractivity contribution in [2.45, 2.75) is 38.0 Å². The summed E-state index contributed by atoms with van der Waals surface area (Å²) in [7, 11) is 0. The Morgan fingerprint density at radius 3 is 2.81 bits per heavy atom. The lowest BCUT2D eigenvalue weighted by atomic mass is 9.88. The van der Waals surface area contributed by atoms with E-state index < -0.39 is 4.92 Å². The molecule has 2 aromatic rings. The fourth-order valence-electron chi connectivity index (χ4n) is 3.47. The van der Waals surface area contributed by atoms with Crippen molar-refractivity contribution >= 4 is 11.6 Å². The number of aromatic nitrogens is 2. The van der Waals surface area contributed by atoms with Gasteiger partial charge >= 0.3 is 0 Å². The molecule has 0 saturated heterocycles. The zero-order valence-corrected chi connectivity index (χ0v) is 14.4. The lowest BCUT2D eigenvalue weighted by molar-refractivity contribution is -0.384. The van der Waals surface area contributed by atoms with Crippen LogP contribution in [0.15, 0.2) is 30.6 Å². The van der Waals surface area contributed by atoms with Gasteiger partial charge in [0.15, 0.2) is 0 Å². The van der Waals surface area contributed by atoms with Gasteiger partial charge in [-0.05, 0) is 25.0 Å². The zero-order chi connectivity index (χ0) is 18.5. The molecule has 0 unspecified atom stereocenters. The molecule has 1 aromatic carbocycles. The number of nitro groups is 1. The number of aliphatic hydroxyl groups is 1. The molecule has 26 heavy (non-hydrogen) atoms. The molecule has 0 bridgehead atoms. The van der Waals surface area contributed by atoms with Crippen molar-refractivity contribution in [3.8, 4) is 5.69 Å². The van der Waals surface area contributed by atoms with Crippen LogP contribution in [0.4, 0.5) is 5.69 Å². The van der Waals surface area contributed by atoms with E-state index in [9.17, 15) is 14.9 Å². The first-order valence-electron chi connectivity index (χ1n) is 8.83. The summed E-state index contributed by atoms with van der Waals surface area (Å²) in [6.07, 6.45) is 8.85. The summed E-state index contributed by atoms with van der Waals surface area (Å²) in [5, 5.41) is 22.9. The average Bonchev–Trinajstić information content (AvgIpc) is 3.16. The molecule has 1 heterocycles. The highest BCUT2D eigenvalue weighted by Gasteiger charge is 2.25. The molecular formula is C18H22N4O4. The predicted octanol–water partition coefficient (Wildman–Crippen LogP) is 2.55. The van der Waals surface area contributed by atoms with Crippen molar-refractivity contribution in [2.75, 3.05) is 13.2 Å². The van der Waals surface area contributed by atoms with E-state index in [-0.39, 0.29) is 30.7 Å². The van der Waals surface area contributed by atoms with Crippen LogP contribution in [0, 0.1) is 10.1 Å². The first kappa shape index (κ1) is 18.1. The molecule has 0 aliphatic heterocycles. The number of benzene rings is 1. The number of aliphatic hydroxyl groups excluding tert-OH is 1. The minimum atomic E-state index is -0.449. The van der Waals surface area contributed by atoms with Crippen LogP contribution < -0.4 is 5.32 Å². The Morgan fingerprint density at radius 1 is 1.35 bits per heavy atom. The number of carbonyl (C=O) groups is 1. The topological polar surface area (TPSA) is 110 Å². The second-order valence-corrected chi connectivity index (χ2v) is 6.43. The van der Waals surface area contributed by atoms with Gasteiger partial charge in [-0.1, -0.05) is 19.3 Å². The summed E-state index contributed by atoms with van der Waals surface area (Å²) in [6, 6.07) is 4.28. The molecule has 2 N–H and O–H groups in total. The van der Waals surface area contributed by atoms with Crippen LogP contribution in [0.3, 0.4) is 0 Å². The third-order valence-electron chi connectivity index (χ3n) is 4.73. The number of carbonyl (C=O) groups excluding carboxylic acids is 1. The Labute approximate surface area is 151 Å². The van der Waals surface area contributed by atoms with Crippen molar-refractivity contribution < 1.29 is 14.8 Å². The van der Waals surface area contributed by atoms with E-state index in [1.807, 2.05) is 0 Å². The van der Waals surface area contributed by atoms with E-state index in [2.05, 4.69) is 10.3 Å². The molecule has 0 atom stereocenters. The number of imidazole rings is 1. The highest BCUT2D eigenvalue weighted by Crippen LogP contribution is 2.34. The Balaban J connectivity index is 2.01. The summed E-state index contributed by atoms with van der Waals surface area (Å²) in [4.78, 5) is 27.7. The first-order chi connectivity index (χ1) is 12.6. The van der Waals surface area contributed by atoms with E-state index in [1.54, 1.807) is 17.0 Å². The van der Waals surface area contributed by atoms with Gasteiger partial charge in [0, 0.05) is 36.5 Å². The van der Waals surface area contributed by atoms with Crippen LogP contribution in [-0.4, -0.2) is 38.6 Å². The lowest BCUT2D eigenvalue weighted by Gasteiger charge is -2.22. The molecule has 8 heteroatoms. The molecule has 0 spiro atoms. The second-order valence-electron chi connectivity index (χ2n) is 6.43. The quantitative estimate of drug-likeness (QED) is 0.609. The molecule has 1 aliphatic carbocycles. The lowest BCUT2D eigenvalue weighted by Crippen LogP contribution is -2.26. The Hall–Kier alpha value is -2.74. The minimum Gasteiger partial charge on any atom is -0.395 e. The highest BCUT2D eigenvalue weighted by molar-refractivity contribution is 5.95. The number of hydrogen-bond donors (Lipinski definition) is 2. The molecule has 3 rings (SSSR count). The van der Waals surface area contributed by atoms with Gasteiger partial charge < -0.3 is 10.4 Å². The highest BCUT2D eigenvalue weighted by atomic mass is 16.6. The maximum atomic E-state index is 12.2. The van der Waals surface area contributed by atoms with Gasteiger partial charge in [0.2, 0.25) is 0 Å². The second kappa shape index (κ2) is 8.09. The van der Waals surface area contributed by atoms with Crippen molar-refractivity contribution in [2.24, 2.45) is 0 Å². The first-order valence-corrected chi connectivity index (χ1v) is 8.83. The van der Waals surface area contributed by atoms with Gasteiger partial charge in [-0.2, -0.15) is 0 Å². The van der Waals surface area contributed by atoms with Gasteiger partial charge in [-0.15, -0.1) is 0 Å². The van der Waals surface area contributed by atoms with Crippen LogP contribution in [0.2, 0.25) is 0 Å². The van der Waals surface area contributed by atoms with Crippen molar-refractivity contribution in [3.63, 3.8) is 0 Å². The van der Waals surface area contributed by atoms with Gasteiger partial charge in [0.05, 0.1) is 11.5 Å². The number of rotatable bonds is 6. The van der Waals surface area contributed by atoms with Crippen molar-refractivity contribution in [3.05, 3.63) is 52.1 Å². The van der Waals surface area contributed by atoms with Gasteiger partial charge in [-0.25, -0.2) is 4.98 Å². The number of nitrogens with one attached hydrogen (secondary N) is 1. The van der Waals surface area contributed by atoms with E-state index in [0.29, 0.717) is 11.3 Å². The van der Waals surface area contributed by atoms with Gasteiger partial charge in [0.1, 0.15) is 11.5 Å². The van der Waals surface area contributed by atoms with Gasteiger partial charge in [-0.3, -0.25) is 19.5 Å². The fourth-order valence-corrected chi connectivity index (χ4v) is 3.47. The molecule has 138 valence electrons. The van der Waals surface area contributed by atoms with Gasteiger partial charge in [0.25, 0.3) is 11.6 Å². The summed E-state index contributed by atoms with van der Waals surface area (Å²) in [5.41, 5.74) is 0.575. The zero-order valence-electron chi connectivity index (χ0n) is 14.4. The van der Waals surface area contributed by atoms with E-state index >= 15 is 0 Å². The SMILES string of the molecule is O=C(NCCO)c1ccc([N+](=O)[O-])c(-n2ccnc2C2CCCCC2)c1. The van der Waals surface area contributed by atoms with Crippen LogP contribution in [0.25, 0.3) is 5.69 Å². The van der Waals surface area contributed by atoms with E-state index in [0.717, 1.165) is 31.5 Å². The molecule has 1 aromatic heterocycles. The Kier molecular flexibility index (Phi) is 5.62. The minimum absolute atomic E-state index is 0.0706. The number of nitrogens with zero attached hydrogens (tertiary/aromatic N) is 3. The molecule has 1 fully saturated rings. The van der Waals surface area contributed by atoms with Crippen LogP contribution in [0.1, 0.15) is 54.2 Å². The standard InChI is InChI=1S/C18H22N4O4/c23-11-9-20-18(24)14-6-7-15(22(25)26)16(12-14)21-10-8-19-17(21)13-4-2-1-3-5-13/h6-8,10,12-13,23H,1-5,9,11H2,(H,20,24). The normalized spacial score (nSPS) is 15.0. The monoisotopic (exact) mass is 358 g/mol. The number of nitro benzene ring substituents is 1. The maximum absolute atomic E-state index is 12.2. The van der Waals surface area contributed by atoms with E-state index in [4.69, 9.17) is 5.11 Å². The van der Waals surface area contributed by atoms with Crippen molar-refractivity contribution in [1.29, 1.82) is 0 Å². The van der Waals surface area contributed by atoms with Crippen LogP contribution in [-0.2, 0) is 0 Å². The van der Waals surface area contributed by atoms with E-state index in [1.165, 1.54) is 24.6 Å². The molecular weight excluding hydrogens is 336 g/mol. The molecule has 1 amide bonds. The summed E-state index contributed by atoms with van der Waals surface area (Å²) in [5.74, 6) is 0.695. The Bertz CT molecular complexity index is 796. The summed E-state index contributed by atoms with van der Waals surface area (Å²) >= 11 is 0. The molecule has 8 nitrogen and oxygen atoms in total. The third-order valence-corrected chi connectivity index (χ3v) is 4.73. The number of hydrogen-bond acceptors (Lipinski definition) is 5. The number of amides is 1. The van der Waals surface area contributed by atoms with Crippen LogP contribution in [0.5, 0.6) is 0 Å². The predicted molar refractivity (Wildman–Crippen MR) is 95.5 cm³/mol. The van der Waals surface area contributed by atoms with Crippen molar-refractivity contribution in [1.82, 2.24) is 14.9 Å². The molecule has 1 aliphatic rings. The smallest absolute Gasteiger partial charge is 0.293 e.